The van der Waals surface area contributed by atoms with Gasteiger partial charge in [-0.3, -0.25) is 0 Å². The van der Waals surface area contributed by atoms with Gasteiger partial charge < -0.3 is 4.42 Å². The topological polar surface area (TPSA) is 80.5 Å². The highest BCUT2D eigenvalue weighted by Crippen LogP contribution is 2.14. The predicted octanol–water partition coefficient (Wildman–Crippen LogP) is 0.457. The number of rotatable bonds is 2. The minimum absolute atomic E-state index is 0.114. The second kappa shape index (κ2) is 3.06. The molecule has 2 rings (SSSR count). The first-order chi connectivity index (χ1) is 6.42. The van der Waals surface area contributed by atoms with Crippen LogP contribution in [0.25, 0.3) is 11.6 Å². The third-order valence-corrected chi connectivity index (χ3v) is 1.49. The second-order valence-electron chi connectivity index (χ2n) is 2.30. The summed E-state index contributed by atoms with van der Waals surface area (Å²) in [5, 5.41) is 19.3. The molecule has 6 heteroatoms. The van der Waals surface area contributed by atoms with E-state index < -0.39 is 0 Å². The van der Waals surface area contributed by atoms with Crippen molar-refractivity contribution in [2.24, 2.45) is 0 Å². The molecule has 0 amide bonds. The molecule has 0 saturated carbocycles. The highest BCUT2D eigenvalue weighted by molar-refractivity contribution is 5.45. The van der Waals surface area contributed by atoms with Gasteiger partial charge in [0.15, 0.2) is 5.76 Å². The quantitative estimate of drug-likeness (QED) is 0.662. The van der Waals surface area contributed by atoms with Crippen LogP contribution >= 0.6 is 0 Å². The molecule has 13 heavy (non-hydrogen) atoms. The Kier molecular flexibility index (Phi) is 1.77. The summed E-state index contributed by atoms with van der Waals surface area (Å²) >= 11 is 0. The van der Waals surface area contributed by atoms with E-state index in [0.29, 0.717) is 11.6 Å². The van der Waals surface area contributed by atoms with Crippen molar-refractivity contribution in [1.82, 2.24) is 20.2 Å². The molecule has 0 radical (unpaired) electrons. The molecule has 0 bridgehead atoms. The number of furan rings is 1. The number of nitrogens with zero attached hydrogens (tertiary/aromatic N) is 5. The third-order valence-electron chi connectivity index (χ3n) is 1.49. The first-order valence-electron chi connectivity index (χ1n) is 3.59. The minimum atomic E-state index is 0.114. The van der Waals surface area contributed by atoms with E-state index in [9.17, 15) is 0 Å². The zero-order valence-electron chi connectivity index (χ0n) is 6.58. The fourth-order valence-electron chi connectivity index (χ4n) is 0.960. The van der Waals surface area contributed by atoms with Crippen molar-refractivity contribution in [3.05, 3.63) is 18.4 Å². The summed E-state index contributed by atoms with van der Waals surface area (Å²) in [6.07, 6.45) is 1.53. The van der Waals surface area contributed by atoms with Gasteiger partial charge in [-0.1, -0.05) is 0 Å². The summed E-state index contributed by atoms with van der Waals surface area (Å²) in [5.41, 5.74) is 0. The number of nitriles is 1. The predicted molar refractivity (Wildman–Crippen MR) is 41.1 cm³/mol. The summed E-state index contributed by atoms with van der Waals surface area (Å²) in [6.45, 7) is 0.114. The van der Waals surface area contributed by atoms with Gasteiger partial charge in [-0.05, 0) is 22.6 Å². The van der Waals surface area contributed by atoms with Crippen molar-refractivity contribution in [1.29, 1.82) is 5.26 Å². The van der Waals surface area contributed by atoms with E-state index in [0.717, 1.165) is 0 Å². The second-order valence-corrected chi connectivity index (χ2v) is 2.30. The largest absolute Gasteiger partial charge is 0.461 e. The fraction of sp³-hybridized carbons (Fsp3) is 0.143. The SMILES string of the molecule is N#CCn1nnnc1-c1ccco1. The highest BCUT2D eigenvalue weighted by atomic mass is 16.3. The van der Waals surface area contributed by atoms with Gasteiger partial charge in [0.2, 0.25) is 5.82 Å². The Morgan fingerprint density at radius 2 is 2.54 bits per heavy atom. The van der Waals surface area contributed by atoms with Crippen LogP contribution in [0.1, 0.15) is 0 Å². The molecule has 2 aromatic rings. The molecule has 6 nitrogen and oxygen atoms in total. The maximum absolute atomic E-state index is 8.46. The number of tetrazole rings is 1. The van der Waals surface area contributed by atoms with Gasteiger partial charge in [-0.15, -0.1) is 5.10 Å². The Morgan fingerprint density at radius 3 is 3.23 bits per heavy atom. The zero-order valence-corrected chi connectivity index (χ0v) is 6.58. The van der Waals surface area contributed by atoms with Gasteiger partial charge in [0.1, 0.15) is 6.54 Å². The lowest BCUT2D eigenvalue weighted by atomic mass is 10.4. The first-order valence-corrected chi connectivity index (χ1v) is 3.59. The number of hydrogen-bond acceptors (Lipinski definition) is 5. The summed E-state index contributed by atoms with van der Waals surface area (Å²) in [7, 11) is 0. The smallest absolute Gasteiger partial charge is 0.218 e. The van der Waals surface area contributed by atoms with E-state index in [2.05, 4.69) is 15.5 Å². The lowest BCUT2D eigenvalue weighted by Crippen LogP contribution is -2.00. The lowest BCUT2D eigenvalue weighted by molar-refractivity contribution is 0.567. The summed E-state index contributed by atoms with van der Waals surface area (Å²) in [5.74, 6) is 1.02. The Hall–Kier alpha value is -2.16. The zero-order chi connectivity index (χ0) is 9.10. The minimum Gasteiger partial charge on any atom is -0.461 e. The van der Waals surface area contributed by atoms with E-state index in [4.69, 9.17) is 9.68 Å². The van der Waals surface area contributed by atoms with Gasteiger partial charge in [0.25, 0.3) is 0 Å². The Morgan fingerprint density at radius 1 is 1.62 bits per heavy atom. The van der Waals surface area contributed by atoms with Crippen LogP contribution in [0.4, 0.5) is 0 Å². The van der Waals surface area contributed by atoms with E-state index in [1.165, 1.54) is 10.9 Å². The van der Waals surface area contributed by atoms with Crippen molar-refractivity contribution < 1.29 is 4.42 Å². The van der Waals surface area contributed by atoms with E-state index >= 15 is 0 Å². The molecule has 0 aliphatic carbocycles. The molecule has 64 valence electrons. The molecular formula is C7H5N5O. The normalized spacial score (nSPS) is 9.77. The first kappa shape index (κ1) is 7.49. The molecule has 0 unspecified atom stereocenters. The van der Waals surface area contributed by atoms with Crippen LogP contribution < -0.4 is 0 Å². The molecule has 0 spiro atoms. The molecule has 0 fully saturated rings. The number of hydrogen-bond donors (Lipinski definition) is 0. The number of aromatic nitrogens is 4. The molecule has 0 aliphatic rings. The monoisotopic (exact) mass is 175 g/mol. The van der Waals surface area contributed by atoms with Crippen LogP contribution in [-0.4, -0.2) is 20.2 Å². The molecular weight excluding hydrogens is 170 g/mol. The van der Waals surface area contributed by atoms with Crippen molar-refractivity contribution in [2.45, 2.75) is 6.54 Å². The van der Waals surface area contributed by atoms with E-state index in [1.807, 2.05) is 6.07 Å². The Labute approximate surface area is 73.4 Å². The van der Waals surface area contributed by atoms with Crippen molar-refractivity contribution >= 4 is 0 Å². The van der Waals surface area contributed by atoms with Gasteiger partial charge >= 0.3 is 0 Å². The van der Waals surface area contributed by atoms with Crippen molar-refractivity contribution in [3.8, 4) is 17.7 Å². The standard InChI is InChI=1S/C7H5N5O/c8-3-4-12-7(9-10-11-12)6-2-1-5-13-6/h1-2,5H,4H2. The van der Waals surface area contributed by atoms with Crippen LogP contribution in [-0.2, 0) is 6.54 Å². The maximum atomic E-state index is 8.46. The van der Waals surface area contributed by atoms with E-state index in [-0.39, 0.29) is 6.54 Å². The average Bonchev–Trinajstić information content (AvgIpc) is 2.71. The molecule has 2 aromatic heterocycles. The van der Waals surface area contributed by atoms with Gasteiger partial charge in [-0.2, -0.15) is 5.26 Å². The van der Waals surface area contributed by atoms with Crippen molar-refractivity contribution in [2.75, 3.05) is 0 Å². The molecule has 0 aliphatic heterocycles. The summed E-state index contributed by atoms with van der Waals surface area (Å²) in [4.78, 5) is 0. The van der Waals surface area contributed by atoms with Gasteiger partial charge in [-0.25, -0.2) is 4.68 Å². The fourth-order valence-corrected chi connectivity index (χ4v) is 0.960. The Bertz CT molecular complexity index is 424. The van der Waals surface area contributed by atoms with Crippen LogP contribution in [0.5, 0.6) is 0 Å². The summed E-state index contributed by atoms with van der Waals surface area (Å²) in [6, 6.07) is 5.42. The van der Waals surface area contributed by atoms with Gasteiger partial charge in [0.05, 0.1) is 12.3 Å². The van der Waals surface area contributed by atoms with E-state index in [1.54, 1.807) is 12.1 Å². The molecule has 0 atom stereocenters. The molecule has 2 heterocycles. The average molecular weight is 175 g/mol. The molecule has 0 N–H and O–H groups in total. The van der Waals surface area contributed by atoms with Crippen LogP contribution in [0, 0.1) is 11.3 Å². The lowest BCUT2D eigenvalue weighted by Gasteiger charge is -1.93. The maximum Gasteiger partial charge on any atom is 0.218 e. The van der Waals surface area contributed by atoms with Crippen LogP contribution in [0.15, 0.2) is 22.8 Å². The summed E-state index contributed by atoms with van der Waals surface area (Å²) < 4.78 is 6.47. The van der Waals surface area contributed by atoms with Crippen molar-refractivity contribution in [3.63, 3.8) is 0 Å². The van der Waals surface area contributed by atoms with Crippen LogP contribution in [0.2, 0.25) is 0 Å². The molecule has 0 saturated heterocycles. The Balaban J connectivity index is 2.42. The van der Waals surface area contributed by atoms with Crippen LogP contribution in [0.3, 0.4) is 0 Å². The highest BCUT2D eigenvalue weighted by Gasteiger charge is 2.09. The van der Waals surface area contributed by atoms with Gasteiger partial charge in [0, 0.05) is 0 Å². The third kappa shape index (κ3) is 1.27. The molecule has 0 aromatic carbocycles.